The van der Waals surface area contributed by atoms with Crippen molar-refractivity contribution in [2.24, 2.45) is 0 Å². The number of nitrogens with one attached hydrogen (secondary N) is 2. The molecule has 2 aromatic rings. The van der Waals surface area contributed by atoms with Crippen molar-refractivity contribution in [3.05, 3.63) is 59.9 Å². The monoisotopic (exact) mass is 408 g/mol. The van der Waals surface area contributed by atoms with Gasteiger partial charge in [-0.05, 0) is 55.3 Å². The average Bonchev–Trinajstić information content (AvgIpc) is 2.67. The van der Waals surface area contributed by atoms with Gasteiger partial charge in [-0.25, -0.2) is 17.5 Å². The lowest BCUT2D eigenvalue weighted by atomic mass is 10.1. The van der Waals surface area contributed by atoms with Gasteiger partial charge in [-0.3, -0.25) is 4.79 Å². The molecule has 0 saturated heterocycles. The maximum atomic E-state index is 13.0. The van der Waals surface area contributed by atoms with Crippen LogP contribution in [0.25, 0.3) is 0 Å². The first-order chi connectivity index (χ1) is 13.3. The van der Waals surface area contributed by atoms with Crippen molar-refractivity contribution in [2.75, 3.05) is 13.2 Å². The van der Waals surface area contributed by atoms with E-state index >= 15 is 0 Å². The second-order valence-corrected chi connectivity index (χ2v) is 8.12. The van der Waals surface area contributed by atoms with Gasteiger partial charge in [-0.1, -0.05) is 25.5 Å². The van der Waals surface area contributed by atoms with Gasteiger partial charge in [-0.2, -0.15) is 0 Å². The fourth-order valence-electron chi connectivity index (χ4n) is 2.45. The number of halogens is 1. The van der Waals surface area contributed by atoms with Gasteiger partial charge in [0.25, 0.3) is 5.91 Å². The van der Waals surface area contributed by atoms with Gasteiger partial charge in [0, 0.05) is 6.54 Å². The standard InChI is InChI=1S/C20H25FN2O4S/c1-3-4-13-22-28(25,26)19-11-9-18(10-12-19)27-14-20(24)23-15(2)16-5-7-17(21)8-6-16/h5-12,15,22H,3-4,13-14H2,1-2H3,(H,23,24). The van der Waals surface area contributed by atoms with Gasteiger partial charge < -0.3 is 10.1 Å². The van der Waals surface area contributed by atoms with Crippen molar-refractivity contribution in [3.63, 3.8) is 0 Å². The summed E-state index contributed by atoms with van der Waals surface area (Å²) in [5.41, 5.74) is 0.778. The van der Waals surface area contributed by atoms with E-state index in [1.54, 1.807) is 19.1 Å². The molecule has 0 saturated carbocycles. The molecule has 0 radical (unpaired) electrons. The zero-order chi connectivity index (χ0) is 20.6. The normalized spacial score (nSPS) is 12.4. The van der Waals surface area contributed by atoms with E-state index < -0.39 is 10.0 Å². The van der Waals surface area contributed by atoms with E-state index in [9.17, 15) is 17.6 Å². The highest BCUT2D eigenvalue weighted by molar-refractivity contribution is 7.89. The van der Waals surface area contributed by atoms with Crippen molar-refractivity contribution in [3.8, 4) is 5.75 Å². The Balaban J connectivity index is 1.85. The lowest BCUT2D eigenvalue weighted by Crippen LogP contribution is -2.31. The molecule has 1 unspecified atom stereocenters. The summed E-state index contributed by atoms with van der Waals surface area (Å²) in [7, 11) is -3.54. The zero-order valence-corrected chi connectivity index (χ0v) is 16.8. The summed E-state index contributed by atoms with van der Waals surface area (Å²) < 4.78 is 45.1. The van der Waals surface area contributed by atoms with E-state index in [0.29, 0.717) is 12.3 Å². The van der Waals surface area contributed by atoms with E-state index in [1.807, 2.05) is 6.92 Å². The van der Waals surface area contributed by atoms with Crippen molar-refractivity contribution in [1.29, 1.82) is 0 Å². The Morgan fingerprint density at radius 1 is 1.11 bits per heavy atom. The van der Waals surface area contributed by atoms with Crippen LogP contribution in [0.1, 0.15) is 38.3 Å². The fourth-order valence-corrected chi connectivity index (χ4v) is 3.52. The summed E-state index contributed by atoms with van der Waals surface area (Å²) in [6.07, 6.45) is 1.67. The van der Waals surface area contributed by atoms with Crippen molar-refractivity contribution in [2.45, 2.75) is 37.6 Å². The molecule has 0 aliphatic carbocycles. The van der Waals surface area contributed by atoms with Gasteiger partial charge in [0.05, 0.1) is 10.9 Å². The third-order valence-electron chi connectivity index (χ3n) is 4.07. The number of rotatable bonds is 10. The summed E-state index contributed by atoms with van der Waals surface area (Å²) in [6, 6.07) is 11.5. The van der Waals surface area contributed by atoms with Crippen molar-refractivity contribution >= 4 is 15.9 Å². The predicted octanol–water partition coefficient (Wildman–Crippen LogP) is 3.16. The highest BCUT2D eigenvalue weighted by Gasteiger charge is 2.14. The Morgan fingerprint density at radius 3 is 2.36 bits per heavy atom. The Kier molecular flexibility index (Phi) is 7.95. The highest BCUT2D eigenvalue weighted by atomic mass is 32.2. The van der Waals surface area contributed by atoms with Gasteiger partial charge in [-0.15, -0.1) is 0 Å². The molecule has 1 atom stereocenters. The minimum atomic E-state index is -3.54. The summed E-state index contributed by atoms with van der Waals surface area (Å²) in [5, 5.41) is 2.76. The molecule has 2 N–H and O–H groups in total. The van der Waals surface area contributed by atoms with Crippen LogP contribution >= 0.6 is 0 Å². The first kappa shape index (κ1) is 21.8. The average molecular weight is 408 g/mol. The van der Waals surface area contributed by atoms with Gasteiger partial charge in [0.2, 0.25) is 10.0 Å². The van der Waals surface area contributed by atoms with Crippen LogP contribution < -0.4 is 14.8 Å². The second-order valence-electron chi connectivity index (χ2n) is 6.35. The first-order valence-corrected chi connectivity index (χ1v) is 10.6. The molecular weight excluding hydrogens is 383 g/mol. The van der Waals surface area contributed by atoms with E-state index in [0.717, 1.165) is 18.4 Å². The number of amides is 1. The molecule has 152 valence electrons. The van der Waals surface area contributed by atoms with Crippen molar-refractivity contribution in [1.82, 2.24) is 10.0 Å². The third-order valence-corrected chi connectivity index (χ3v) is 5.55. The smallest absolute Gasteiger partial charge is 0.258 e. The van der Waals surface area contributed by atoms with E-state index in [1.165, 1.54) is 36.4 Å². The van der Waals surface area contributed by atoms with Crippen LogP contribution in [0, 0.1) is 5.82 Å². The number of ether oxygens (including phenoxy) is 1. The molecule has 2 rings (SSSR count). The van der Waals surface area contributed by atoms with Crippen LogP contribution in [0.4, 0.5) is 4.39 Å². The summed E-state index contributed by atoms with van der Waals surface area (Å²) >= 11 is 0. The van der Waals surface area contributed by atoms with Gasteiger partial charge in [0.15, 0.2) is 6.61 Å². The molecule has 1 amide bonds. The highest BCUT2D eigenvalue weighted by Crippen LogP contribution is 2.16. The van der Waals surface area contributed by atoms with Crippen LogP contribution in [-0.4, -0.2) is 27.5 Å². The number of hydrogen-bond acceptors (Lipinski definition) is 4. The molecule has 6 nitrogen and oxygen atoms in total. The van der Waals surface area contributed by atoms with Crippen LogP contribution in [0.3, 0.4) is 0 Å². The predicted molar refractivity (Wildman–Crippen MR) is 105 cm³/mol. The van der Waals surface area contributed by atoms with Gasteiger partial charge >= 0.3 is 0 Å². The molecule has 28 heavy (non-hydrogen) atoms. The molecule has 0 fully saturated rings. The lowest BCUT2D eigenvalue weighted by Gasteiger charge is -2.15. The van der Waals surface area contributed by atoms with Crippen LogP contribution in [0.5, 0.6) is 5.75 Å². The Bertz CT molecular complexity index is 868. The third kappa shape index (κ3) is 6.61. The van der Waals surface area contributed by atoms with E-state index in [2.05, 4.69) is 10.0 Å². The van der Waals surface area contributed by atoms with Crippen LogP contribution in [-0.2, 0) is 14.8 Å². The lowest BCUT2D eigenvalue weighted by molar-refractivity contribution is -0.123. The number of benzene rings is 2. The summed E-state index contributed by atoms with van der Waals surface area (Å²) in [5.74, 6) is -0.288. The Morgan fingerprint density at radius 2 is 1.75 bits per heavy atom. The molecule has 2 aromatic carbocycles. The maximum absolute atomic E-state index is 13.0. The van der Waals surface area contributed by atoms with E-state index in [4.69, 9.17) is 4.74 Å². The number of hydrogen-bond donors (Lipinski definition) is 2. The molecule has 0 aromatic heterocycles. The number of carbonyl (C=O) groups excluding carboxylic acids is 1. The number of sulfonamides is 1. The largest absolute Gasteiger partial charge is 0.484 e. The molecule has 0 spiro atoms. The molecule has 0 heterocycles. The maximum Gasteiger partial charge on any atom is 0.258 e. The van der Waals surface area contributed by atoms with E-state index in [-0.39, 0.29) is 29.3 Å². The van der Waals surface area contributed by atoms with Gasteiger partial charge in [0.1, 0.15) is 11.6 Å². The molecule has 0 aliphatic heterocycles. The Hall–Kier alpha value is -2.45. The number of carbonyl (C=O) groups is 1. The van der Waals surface area contributed by atoms with Crippen molar-refractivity contribution < 1.29 is 22.3 Å². The van der Waals surface area contributed by atoms with Crippen LogP contribution in [0.15, 0.2) is 53.4 Å². The SMILES string of the molecule is CCCCNS(=O)(=O)c1ccc(OCC(=O)NC(C)c2ccc(F)cc2)cc1. The first-order valence-electron chi connectivity index (χ1n) is 9.09. The number of unbranched alkanes of at least 4 members (excludes halogenated alkanes) is 1. The molecule has 0 aliphatic rings. The molecule has 8 heteroatoms. The zero-order valence-electron chi connectivity index (χ0n) is 15.9. The minimum absolute atomic E-state index is 0.144. The van der Waals surface area contributed by atoms with Crippen LogP contribution in [0.2, 0.25) is 0 Å². The second kappa shape index (κ2) is 10.2. The fraction of sp³-hybridized carbons (Fsp3) is 0.350. The quantitative estimate of drug-likeness (QED) is 0.592. The Labute approximate surface area is 165 Å². The topological polar surface area (TPSA) is 84.5 Å². The molecular formula is C20H25FN2O4S. The minimum Gasteiger partial charge on any atom is -0.484 e. The summed E-state index contributed by atoms with van der Waals surface area (Å²) in [6.45, 7) is 3.95. The summed E-state index contributed by atoms with van der Waals surface area (Å²) in [4.78, 5) is 12.2. The molecule has 0 bridgehead atoms.